The summed E-state index contributed by atoms with van der Waals surface area (Å²) >= 11 is 0. The van der Waals surface area contributed by atoms with E-state index in [2.05, 4.69) is 15.5 Å². The van der Waals surface area contributed by atoms with Crippen molar-refractivity contribution in [3.05, 3.63) is 30.1 Å². The fourth-order valence-electron chi connectivity index (χ4n) is 4.27. The fraction of sp³-hybridized carbons (Fsp3) is 0.556. The van der Waals surface area contributed by atoms with Crippen molar-refractivity contribution >= 4 is 5.91 Å². The number of carbonyl (C=O) groups excluding carboxylic acids is 1. The van der Waals surface area contributed by atoms with Crippen LogP contribution in [-0.4, -0.2) is 51.2 Å². The maximum atomic E-state index is 13.0. The van der Waals surface area contributed by atoms with Gasteiger partial charge in [-0.3, -0.25) is 4.79 Å². The molecule has 7 heteroatoms. The van der Waals surface area contributed by atoms with Crippen LogP contribution in [0.5, 0.6) is 5.75 Å². The molecule has 0 N–H and O–H groups in total. The van der Waals surface area contributed by atoms with Gasteiger partial charge >= 0.3 is 0 Å². The SMILES string of the molecule is COc1ccc(C(=O)N2CCC3(CCCCC3)C2)cc1-n1cnnn1. The molecule has 0 unspecified atom stereocenters. The predicted molar refractivity (Wildman–Crippen MR) is 91.7 cm³/mol. The summed E-state index contributed by atoms with van der Waals surface area (Å²) < 4.78 is 6.89. The molecule has 1 saturated heterocycles. The molecule has 2 heterocycles. The number of carbonyl (C=O) groups is 1. The van der Waals surface area contributed by atoms with E-state index in [-0.39, 0.29) is 5.91 Å². The van der Waals surface area contributed by atoms with E-state index in [1.807, 2.05) is 17.0 Å². The summed E-state index contributed by atoms with van der Waals surface area (Å²) in [7, 11) is 1.60. The number of nitrogens with zero attached hydrogens (tertiary/aromatic N) is 5. The number of aromatic nitrogens is 4. The smallest absolute Gasteiger partial charge is 0.253 e. The Labute approximate surface area is 147 Å². The Bertz CT molecular complexity index is 753. The summed E-state index contributed by atoms with van der Waals surface area (Å²) in [6.07, 6.45) is 9.09. The number of methoxy groups -OCH3 is 1. The summed E-state index contributed by atoms with van der Waals surface area (Å²) in [6.45, 7) is 1.74. The second-order valence-corrected chi connectivity index (χ2v) is 7.18. The maximum Gasteiger partial charge on any atom is 0.253 e. The third-order valence-corrected chi connectivity index (χ3v) is 5.66. The second-order valence-electron chi connectivity index (χ2n) is 7.18. The van der Waals surface area contributed by atoms with Gasteiger partial charge in [-0.2, -0.15) is 4.68 Å². The largest absolute Gasteiger partial charge is 0.494 e. The summed E-state index contributed by atoms with van der Waals surface area (Å²) in [5.41, 5.74) is 1.68. The normalized spacial score (nSPS) is 19.3. The van der Waals surface area contributed by atoms with Crippen molar-refractivity contribution in [2.24, 2.45) is 5.41 Å². The molecule has 0 atom stereocenters. The standard InChI is InChI=1S/C18H23N5O2/c1-25-16-6-5-14(11-15(16)23-13-19-20-21-23)17(24)22-10-9-18(12-22)7-3-2-4-8-18/h5-6,11,13H,2-4,7-10,12H2,1H3. The van der Waals surface area contributed by atoms with Crippen LogP contribution in [0.2, 0.25) is 0 Å². The lowest BCUT2D eigenvalue weighted by molar-refractivity contribution is 0.0759. The molecule has 132 valence electrons. The van der Waals surface area contributed by atoms with E-state index in [0.29, 0.717) is 22.4 Å². The minimum atomic E-state index is 0.0828. The topological polar surface area (TPSA) is 73.1 Å². The van der Waals surface area contributed by atoms with Crippen molar-refractivity contribution in [1.29, 1.82) is 0 Å². The van der Waals surface area contributed by atoms with E-state index in [9.17, 15) is 4.79 Å². The molecule has 1 aromatic heterocycles. The van der Waals surface area contributed by atoms with Gasteiger partial charge in [0.2, 0.25) is 0 Å². The lowest BCUT2D eigenvalue weighted by Gasteiger charge is -2.33. The monoisotopic (exact) mass is 341 g/mol. The highest BCUT2D eigenvalue weighted by Gasteiger charge is 2.40. The van der Waals surface area contributed by atoms with Gasteiger partial charge in [0.05, 0.1) is 7.11 Å². The summed E-state index contributed by atoms with van der Waals surface area (Å²) in [5.74, 6) is 0.716. The number of rotatable bonds is 3. The Morgan fingerprint density at radius 1 is 1.20 bits per heavy atom. The molecular formula is C18H23N5O2. The third kappa shape index (κ3) is 2.99. The number of hydrogen-bond donors (Lipinski definition) is 0. The van der Waals surface area contributed by atoms with Crippen LogP contribution >= 0.6 is 0 Å². The van der Waals surface area contributed by atoms with E-state index >= 15 is 0 Å². The van der Waals surface area contributed by atoms with Gasteiger partial charge < -0.3 is 9.64 Å². The van der Waals surface area contributed by atoms with Gasteiger partial charge in [0.15, 0.2) is 0 Å². The zero-order valence-electron chi connectivity index (χ0n) is 14.5. The first-order valence-electron chi connectivity index (χ1n) is 8.91. The molecule has 1 spiro atoms. The molecule has 0 radical (unpaired) electrons. The van der Waals surface area contributed by atoms with Gasteiger partial charge in [0, 0.05) is 18.7 Å². The third-order valence-electron chi connectivity index (χ3n) is 5.66. The minimum absolute atomic E-state index is 0.0828. The van der Waals surface area contributed by atoms with E-state index in [1.165, 1.54) is 43.1 Å². The predicted octanol–water partition coefficient (Wildman–Crippen LogP) is 2.47. The van der Waals surface area contributed by atoms with Crippen LogP contribution in [0.25, 0.3) is 5.69 Å². The number of likely N-dealkylation sites (tertiary alicyclic amines) is 1. The van der Waals surface area contributed by atoms with Crippen LogP contribution < -0.4 is 4.74 Å². The lowest BCUT2D eigenvalue weighted by atomic mass is 9.73. The van der Waals surface area contributed by atoms with E-state index in [0.717, 1.165) is 19.5 Å². The molecule has 1 aliphatic carbocycles. The average Bonchev–Trinajstić information content (AvgIpc) is 3.32. The van der Waals surface area contributed by atoms with Crippen LogP contribution in [0.15, 0.2) is 24.5 Å². The molecule has 4 rings (SSSR count). The fourth-order valence-corrected chi connectivity index (χ4v) is 4.27. The molecule has 2 aromatic rings. The van der Waals surface area contributed by atoms with Gasteiger partial charge in [-0.15, -0.1) is 5.10 Å². The number of ether oxygens (including phenoxy) is 1. The van der Waals surface area contributed by atoms with Gasteiger partial charge in [-0.05, 0) is 53.3 Å². The molecule has 7 nitrogen and oxygen atoms in total. The van der Waals surface area contributed by atoms with Crippen LogP contribution in [0, 0.1) is 5.41 Å². The van der Waals surface area contributed by atoms with Crippen LogP contribution in [0.3, 0.4) is 0 Å². The Kier molecular flexibility index (Phi) is 4.15. The number of tetrazole rings is 1. The molecule has 1 saturated carbocycles. The second kappa shape index (κ2) is 6.46. The maximum absolute atomic E-state index is 13.0. The first kappa shape index (κ1) is 16.1. The van der Waals surface area contributed by atoms with Gasteiger partial charge in [-0.25, -0.2) is 0 Å². The number of amides is 1. The Morgan fingerprint density at radius 2 is 2.04 bits per heavy atom. The molecule has 2 fully saturated rings. The minimum Gasteiger partial charge on any atom is -0.494 e. The van der Waals surface area contributed by atoms with Crippen LogP contribution in [0.4, 0.5) is 0 Å². The zero-order chi connectivity index (χ0) is 17.3. The summed E-state index contributed by atoms with van der Waals surface area (Å²) in [5, 5.41) is 11.2. The molecule has 1 aliphatic heterocycles. The van der Waals surface area contributed by atoms with Crippen molar-refractivity contribution in [1.82, 2.24) is 25.1 Å². The molecule has 1 amide bonds. The first-order valence-corrected chi connectivity index (χ1v) is 8.91. The lowest BCUT2D eigenvalue weighted by Crippen LogP contribution is -2.33. The molecule has 1 aromatic carbocycles. The van der Waals surface area contributed by atoms with E-state index in [4.69, 9.17) is 4.74 Å². The highest BCUT2D eigenvalue weighted by atomic mass is 16.5. The van der Waals surface area contributed by atoms with Crippen LogP contribution in [0.1, 0.15) is 48.9 Å². The number of benzene rings is 1. The molecule has 25 heavy (non-hydrogen) atoms. The van der Waals surface area contributed by atoms with Gasteiger partial charge in [0.25, 0.3) is 5.91 Å². The van der Waals surface area contributed by atoms with Crippen molar-refractivity contribution in [3.8, 4) is 11.4 Å². The Balaban J connectivity index is 1.57. The van der Waals surface area contributed by atoms with Gasteiger partial charge in [0.1, 0.15) is 17.8 Å². The Morgan fingerprint density at radius 3 is 2.76 bits per heavy atom. The quantitative estimate of drug-likeness (QED) is 0.857. The highest BCUT2D eigenvalue weighted by molar-refractivity contribution is 5.95. The molecule has 0 bridgehead atoms. The van der Waals surface area contributed by atoms with Crippen molar-refractivity contribution in [2.45, 2.75) is 38.5 Å². The molecular weight excluding hydrogens is 318 g/mol. The Hall–Kier alpha value is -2.44. The number of hydrogen-bond acceptors (Lipinski definition) is 5. The zero-order valence-corrected chi connectivity index (χ0v) is 14.5. The van der Waals surface area contributed by atoms with Crippen molar-refractivity contribution < 1.29 is 9.53 Å². The summed E-state index contributed by atoms with van der Waals surface area (Å²) in [4.78, 5) is 15.0. The summed E-state index contributed by atoms with van der Waals surface area (Å²) in [6, 6.07) is 5.43. The molecule has 2 aliphatic rings. The van der Waals surface area contributed by atoms with Crippen molar-refractivity contribution in [3.63, 3.8) is 0 Å². The van der Waals surface area contributed by atoms with E-state index < -0.39 is 0 Å². The van der Waals surface area contributed by atoms with E-state index in [1.54, 1.807) is 13.2 Å². The average molecular weight is 341 g/mol. The highest BCUT2D eigenvalue weighted by Crippen LogP contribution is 2.44. The van der Waals surface area contributed by atoms with Crippen LogP contribution in [-0.2, 0) is 0 Å². The van der Waals surface area contributed by atoms with Gasteiger partial charge in [-0.1, -0.05) is 19.3 Å². The first-order chi connectivity index (χ1) is 12.2. The van der Waals surface area contributed by atoms with Crippen molar-refractivity contribution in [2.75, 3.05) is 20.2 Å².